The van der Waals surface area contributed by atoms with Gasteiger partial charge in [-0.3, -0.25) is 4.98 Å². The summed E-state index contributed by atoms with van der Waals surface area (Å²) >= 11 is 6.04. The van der Waals surface area contributed by atoms with Crippen molar-refractivity contribution in [3.05, 3.63) is 71.0 Å². The smallest absolute Gasteiger partial charge is 0.125 e. The van der Waals surface area contributed by atoms with E-state index in [1.54, 1.807) is 37.7 Å². The molecule has 0 amide bonds. The second-order valence-electron chi connectivity index (χ2n) is 4.74. The normalized spacial score (nSPS) is 12.3. The standard InChI is InChI=1S/C17H14ClNO2/c1-21-16-7-6-12(18)8-14(16)17(20)15-10-19-9-11-4-2-3-5-13(11)15/h2-10,17,20H,1H3. The molecule has 0 aliphatic carbocycles. The summed E-state index contributed by atoms with van der Waals surface area (Å²) < 4.78 is 5.32. The van der Waals surface area contributed by atoms with Gasteiger partial charge in [-0.15, -0.1) is 0 Å². The summed E-state index contributed by atoms with van der Waals surface area (Å²) in [6.07, 6.45) is 2.60. The van der Waals surface area contributed by atoms with Crippen LogP contribution in [0, 0.1) is 0 Å². The molecule has 0 radical (unpaired) electrons. The Hall–Kier alpha value is -2.10. The first-order valence-corrected chi connectivity index (χ1v) is 6.92. The van der Waals surface area contributed by atoms with E-state index in [1.165, 1.54) is 0 Å². The number of halogens is 1. The largest absolute Gasteiger partial charge is 0.496 e. The van der Waals surface area contributed by atoms with Gasteiger partial charge < -0.3 is 9.84 Å². The summed E-state index contributed by atoms with van der Waals surface area (Å²) in [5.41, 5.74) is 1.36. The Bertz CT molecular complexity index is 783. The van der Waals surface area contributed by atoms with Gasteiger partial charge in [0, 0.05) is 33.9 Å². The number of methoxy groups -OCH3 is 1. The van der Waals surface area contributed by atoms with Crippen LogP contribution in [0.4, 0.5) is 0 Å². The Labute approximate surface area is 127 Å². The van der Waals surface area contributed by atoms with Crippen LogP contribution >= 0.6 is 11.6 Å². The van der Waals surface area contributed by atoms with Crippen molar-refractivity contribution in [2.24, 2.45) is 0 Å². The number of rotatable bonds is 3. The van der Waals surface area contributed by atoms with Crippen molar-refractivity contribution in [1.29, 1.82) is 0 Å². The van der Waals surface area contributed by atoms with E-state index in [0.29, 0.717) is 16.3 Å². The fourth-order valence-electron chi connectivity index (χ4n) is 2.44. The number of hydrogen-bond donors (Lipinski definition) is 1. The van der Waals surface area contributed by atoms with E-state index in [1.807, 2.05) is 24.3 Å². The maximum absolute atomic E-state index is 10.7. The second kappa shape index (κ2) is 5.72. The quantitative estimate of drug-likeness (QED) is 0.795. The molecule has 0 aliphatic heterocycles. The number of aromatic nitrogens is 1. The summed E-state index contributed by atoms with van der Waals surface area (Å²) in [6.45, 7) is 0. The number of aliphatic hydroxyl groups is 1. The molecule has 0 fully saturated rings. The lowest BCUT2D eigenvalue weighted by atomic mass is 9.97. The molecule has 3 aromatic rings. The average molecular weight is 300 g/mol. The zero-order valence-corrected chi connectivity index (χ0v) is 12.2. The van der Waals surface area contributed by atoms with Crippen molar-refractivity contribution in [3.63, 3.8) is 0 Å². The monoisotopic (exact) mass is 299 g/mol. The molecule has 1 heterocycles. The van der Waals surface area contributed by atoms with Crippen molar-refractivity contribution >= 4 is 22.4 Å². The van der Waals surface area contributed by atoms with Gasteiger partial charge in [-0.05, 0) is 23.6 Å². The third kappa shape index (κ3) is 2.58. The van der Waals surface area contributed by atoms with Crippen LogP contribution < -0.4 is 4.74 Å². The van der Waals surface area contributed by atoms with Gasteiger partial charge in [0.15, 0.2) is 0 Å². The molecular formula is C17H14ClNO2. The van der Waals surface area contributed by atoms with Gasteiger partial charge in [0.1, 0.15) is 11.9 Å². The summed E-state index contributed by atoms with van der Waals surface area (Å²) in [5, 5.41) is 13.2. The summed E-state index contributed by atoms with van der Waals surface area (Å²) in [7, 11) is 1.57. The Morgan fingerprint density at radius 1 is 1.10 bits per heavy atom. The van der Waals surface area contributed by atoms with Crippen LogP contribution in [0.2, 0.25) is 5.02 Å². The molecule has 4 heteroatoms. The predicted molar refractivity (Wildman–Crippen MR) is 83.8 cm³/mol. The minimum Gasteiger partial charge on any atom is -0.496 e. The molecule has 1 unspecified atom stereocenters. The molecule has 0 saturated heterocycles. The highest BCUT2D eigenvalue weighted by molar-refractivity contribution is 6.30. The molecule has 0 saturated carbocycles. The predicted octanol–water partition coefficient (Wildman–Crippen LogP) is 3.98. The van der Waals surface area contributed by atoms with Gasteiger partial charge in [-0.25, -0.2) is 0 Å². The van der Waals surface area contributed by atoms with Crippen molar-refractivity contribution in [3.8, 4) is 5.75 Å². The molecule has 1 atom stereocenters. The van der Waals surface area contributed by atoms with Crippen LogP contribution in [0.1, 0.15) is 17.2 Å². The van der Waals surface area contributed by atoms with Crippen LogP contribution in [0.15, 0.2) is 54.9 Å². The molecule has 2 aromatic carbocycles. The van der Waals surface area contributed by atoms with Gasteiger partial charge in [-0.1, -0.05) is 35.9 Å². The van der Waals surface area contributed by atoms with E-state index in [9.17, 15) is 5.11 Å². The van der Waals surface area contributed by atoms with Gasteiger partial charge in [-0.2, -0.15) is 0 Å². The van der Waals surface area contributed by atoms with E-state index in [2.05, 4.69) is 4.98 Å². The fourth-order valence-corrected chi connectivity index (χ4v) is 2.62. The molecule has 0 spiro atoms. The first-order valence-electron chi connectivity index (χ1n) is 6.55. The minimum absolute atomic E-state index is 0.554. The molecule has 0 bridgehead atoms. The molecular weight excluding hydrogens is 286 g/mol. The number of hydrogen-bond acceptors (Lipinski definition) is 3. The number of fused-ring (bicyclic) bond motifs is 1. The Kier molecular flexibility index (Phi) is 3.78. The van der Waals surface area contributed by atoms with Gasteiger partial charge >= 0.3 is 0 Å². The first kappa shape index (κ1) is 13.9. The highest BCUT2D eigenvalue weighted by atomic mass is 35.5. The van der Waals surface area contributed by atoms with Crippen molar-refractivity contribution in [1.82, 2.24) is 4.98 Å². The SMILES string of the molecule is COc1ccc(Cl)cc1C(O)c1cncc2ccccc12. The lowest BCUT2D eigenvalue weighted by molar-refractivity contribution is 0.216. The summed E-state index contributed by atoms with van der Waals surface area (Å²) in [5.74, 6) is 0.597. The number of ether oxygens (including phenoxy) is 1. The van der Waals surface area contributed by atoms with Gasteiger partial charge in [0.2, 0.25) is 0 Å². The summed E-state index contributed by atoms with van der Waals surface area (Å²) in [6, 6.07) is 13.0. The second-order valence-corrected chi connectivity index (χ2v) is 5.18. The van der Waals surface area contributed by atoms with E-state index in [4.69, 9.17) is 16.3 Å². The Balaban J connectivity index is 2.17. The molecule has 1 aromatic heterocycles. The van der Waals surface area contributed by atoms with Crippen LogP contribution in [0.25, 0.3) is 10.8 Å². The fraction of sp³-hybridized carbons (Fsp3) is 0.118. The number of nitrogens with zero attached hydrogens (tertiary/aromatic N) is 1. The first-order chi connectivity index (χ1) is 10.2. The van der Waals surface area contributed by atoms with E-state index in [0.717, 1.165) is 16.3 Å². The zero-order valence-electron chi connectivity index (χ0n) is 11.5. The van der Waals surface area contributed by atoms with E-state index < -0.39 is 6.10 Å². The highest BCUT2D eigenvalue weighted by Gasteiger charge is 2.18. The number of benzene rings is 2. The van der Waals surface area contributed by atoms with E-state index in [-0.39, 0.29) is 0 Å². The van der Waals surface area contributed by atoms with E-state index >= 15 is 0 Å². The van der Waals surface area contributed by atoms with Crippen molar-refractivity contribution in [2.45, 2.75) is 6.10 Å². The van der Waals surface area contributed by atoms with Crippen LogP contribution in [0.5, 0.6) is 5.75 Å². The number of aliphatic hydroxyl groups excluding tert-OH is 1. The number of pyridine rings is 1. The Morgan fingerprint density at radius 2 is 1.90 bits per heavy atom. The Morgan fingerprint density at radius 3 is 2.71 bits per heavy atom. The molecule has 1 N–H and O–H groups in total. The van der Waals surface area contributed by atoms with Gasteiger partial charge in [0.25, 0.3) is 0 Å². The lowest BCUT2D eigenvalue weighted by Crippen LogP contribution is -2.04. The third-order valence-corrected chi connectivity index (χ3v) is 3.72. The third-order valence-electron chi connectivity index (χ3n) is 3.48. The molecule has 106 valence electrons. The molecule has 21 heavy (non-hydrogen) atoms. The van der Waals surface area contributed by atoms with Crippen molar-refractivity contribution in [2.75, 3.05) is 7.11 Å². The maximum Gasteiger partial charge on any atom is 0.125 e. The van der Waals surface area contributed by atoms with Gasteiger partial charge in [0.05, 0.1) is 7.11 Å². The highest BCUT2D eigenvalue weighted by Crippen LogP contribution is 2.34. The van der Waals surface area contributed by atoms with Crippen LogP contribution in [0.3, 0.4) is 0 Å². The minimum atomic E-state index is -0.850. The topological polar surface area (TPSA) is 42.4 Å². The maximum atomic E-state index is 10.7. The molecule has 3 nitrogen and oxygen atoms in total. The van der Waals surface area contributed by atoms with Crippen LogP contribution in [-0.4, -0.2) is 17.2 Å². The molecule has 3 rings (SSSR count). The lowest BCUT2D eigenvalue weighted by Gasteiger charge is -2.17. The van der Waals surface area contributed by atoms with Crippen molar-refractivity contribution < 1.29 is 9.84 Å². The molecule has 0 aliphatic rings. The zero-order chi connectivity index (χ0) is 14.8. The summed E-state index contributed by atoms with van der Waals surface area (Å²) in [4.78, 5) is 4.20. The average Bonchev–Trinajstić information content (AvgIpc) is 2.53. The van der Waals surface area contributed by atoms with Crippen LogP contribution in [-0.2, 0) is 0 Å².